The van der Waals surface area contributed by atoms with Crippen LogP contribution in [0.15, 0.2) is 48.5 Å². The molecule has 1 aliphatic rings. The van der Waals surface area contributed by atoms with E-state index in [0.29, 0.717) is 18.0 Å². The van der Waals surface area contributed by atoms with Gasteiger partial charge in [-0.25, -0.2) is 9.37 Å². The molecule has 0 saturated carbocycles. The van der Waals surface area contributed by atoms with Gasteiger partial charge in [0.25, 0.3) is 0 Å². The van der Waals surface area contributed by atoms with Gasteiger partial charge in [-0.05, 0) is 55.8 Å². The predicted molar refractivity (Wildman–Crippen MR) is 99.4 cm³/mol. The van der Waals surface area contributed by atoms with E-state index in [9.17, 15) is 9.50 Å². The summed E-state index contributed by atoms with van der Waals surface area (Å²) in [5.41, 5.74) is 1.74. The number of aliphatic hydroxyl groups is 1. The third-order valence-electron chi connectivity index (χ3n) is 4.91. The van der Waals surface area contributed by atoms with Crippen molar-refractivity contribution < 1.29 is 9.50 Å². The fourth-order valence-electron chi connectivity index (χ4n) is 3.49. The molecule has 0 radical (unpaired) electrons. The highest BCUT2D eigenvalue weighted by atomic mass is 32.1. The van der Waals surface area contributed by atoms with Gasteiger partial charge in [-0.15, -0.1) is 11.3 Å². The van der Waals surface area contributed by atoms with Crippen LogP contribution in [0.5, 0.6) is 0 Å². The molecule has 1 saturated heterocycles. The van der Waals surface area contributed by atoms with Crippen molar-refractivity contribution in [3.63, 3.8) is 0 Å². The largest absolute Gasteiger partial charge is 0.387 e. The molecular weight excluding hydrogens is 335 g/mol. The van der Waals surface area contributed by atoms with E-state index in [0.717, 1.165) is 31.4 Å². The number of thiazole rings is 1. The first-order valence-electron chi connectivity index (χ1n) is 8.70. The summed E-state index contributed by atoms with van der Waals surface area (Å²) in [5.74, 6) is 0.200. The molecule has 3 aromatic rings. The molecule has 1 aliphatic heterocycles. The number of rotatable bonds is 4. The molecule has 4 rings (SSSR count). The van der Waals surface area contributed by atoms with Gasteiger partial charge in [0.05, 0.1) is 21.3 Å². The van der Waals surface area contributed by atoms with Crippen molar-refractivity contribution in [2.24, 2.45) is 0 Å². The molecule has 0 amide bonds. The fraction of sp³-hybridized carbons (Fsp3) is 0.350. The van der Waals surface area contributed by atoms with Gasteiger partial charge in [0.2, 0.25) is 0 Å². The van der Waals surface area contributed by atoms with Crippen LogP contribution in [0.25, 0.3) is 10.2 Å². The Kier molecular flexibility index (Phi) is 4.79. The molecule has 130 valence electrons. The maximum Gasteiger partial charge on any atom is 0.123 e. The average Bonchev–Trinajstić information content (AvgIpc) is 3.06. The van der Waals surface area contributed by atoms with Crippen molar-refractivity contribution in [2.75, 3.05) is 19.6 Å². The molecule has 0 bridgehead atoms. The lowest BCUT2D eigenvalue weighted by molar-refractivity contribution is 0.0970. The smallest absolute Gasteiger partial charge is 0.123 e. The van der Waals surface area contributed by atoms with Crippen LogP contribution in [0.1, 0.15) is 35.4 Å². The van der Waals surface area contributed by atoms with Crippen LogP contribution >= 0.6 is 11.3 Å². The summed E-state index contributed by atoms with van der Waals surface area (Å²) in [6, 6.07) is 14.5. The zero-order valence-corrected chi connectivity index (χ0v) is 14.8. The number of nitrogens with zero attached hydrogens (tertiary/aromatic N) is 2. The lowest BCUT2D eigenvalue weighted by Crippen LogP contribution is -2.36. The monoisotopic (exact) mass is 356 g/mol. The Balaban J connectivity index is 1.36. The number of piperidine rings is 1. The SMILES string of the molecule is OC(CN1CCC(c2nc3ccccc3s2)CC1)c1cccc(F)c1. The van der Waals surface area contributed by atoms with Gasteiger partial charge in [-0.1, -0.05) is 24.3 Å². The Labute approximate surface area is 150 Å². The number of hydrogen-bond donors (Lipinski definition) is 1. The van der Waals surface area contributed by atoms with E-state index < -0.39 is 6.10 Å². The second kappa shape index (κ2) is 7.20. The number of benzene rings is 2. The van der Waals surface area contributed by atoms with E-state index >= 15 is 0 Å². The van der Waals surface area contributed by atoms with E-state index in [1.807, 2.05) is 6.07 Å². The third-order valence-corrected chi connectivity index (χ3v) is 6.11. The first-order chi connectivity index (χ1) is 12.2. The number of halogens is 1. The summed E-state index contributed by atoms with van der Waals surface area (Å²) in [5, 5.41) is 11.6. The highest BCUT2D eigenvalue weighted by Gasteiger charge is 2.24. The lowest BCUT2D eigenvalue weighted by atomic mass is 9.97. The first kappa shape index (κ1) is 16.6. The second-order valence-electron chi connectivity index (χ2n) is 6.67. The Hall–Kier alpha value is -1.82. The highest BCUT2D eigenvalue weighted by molar-refractivity contribution is 7.18. The Bertz CT molecular complexity index is 825. The number of hydrogen-bond acceptors (Lipinski definition) is 4. The highest BCUT2D eigenvalue weighted by Crippen LogP contribution is 2.34. The van der Waals surface area contributed by atoms with Crippen molar-refractivity contribution in [3.05, 3.63) is 64.9 Å². The van der Waals surface area contributed by atoms with Crippen molar-refractivity contribution in [1.29, 1.82) is 0 Å². The van der Waals surface area contributed by atoms with Crippen LogP contribution in [0, 0.1) is 5.82 Å². The molecule has 3 nitrogen and oxygen atoms in total. The van der Waals surface area contributed by atoms with Crippen molar-refractivity contribution in [3.8, 4) is 0 Å². The van der Waals surface area contributed by atoms with Gasteiger partial charge in [-0.3, -0.25) is 0 Å². The summed E-state index contributed by atoms with van der Waals surface area (Å²) >= 11 is 1.80. The number of para-hydroxylation sites is 1. The van der Waals surface area contributed by atoms with Crippen molar-refractivity contribution >= 4 is 21.6 Å². The van der Waals surface area contributed by atoms with Crippen molar-refractivity contribution in [2.45, 2.75) is 24.9 Å². The molecule has 2 heterocycles. The average molecular weight is 356 g/mol. The van der Waals surface area contributed by atoms with Crippen LogP contribution in [0.3, 0.4) is 0 Å². The van der Waals surface area contributed by atoms with Gasteiger partial charge in [0, 0.05) is 12.5 Å². The van der Waals surface area contributed by atoms with E-state index in [1.54, 1.807) is 23.5 Å². The molecule has 1 aromatic heterocycles. The summed E-state index contributed by atoms with van der Waals surface area (Å²) in [4.78, 5) is 7.05. The van der Waals surface area contributed by atoms with Gasteiger partial charge in [-0.2, -0.15) is 0 Å². The minimum absolute atomic E-state index is 0.300. The quantitative estimate of drug-likeness (QED) is 0.755. The van der Waals surface area contributed by atoms with Gasteiger partial charge in [0.1, 0.15) is 5.82 Å². The molecule has 2 aromatic carbocycles. The maximum absolute atomic E-state index is 13.3. The number of likely N-dealkylation sites (tertiary alicyclic amines) is 1. The Morgan fingerprint density at radius 2 is 1.96 bits per heavy atom. The van der Waals surface area contributed by atoms with Crippen LogP contribution < -0.4 is 0 Å². The van der Waals surface area contributed by atoms with E-state index in [2.05, 4.69) is 23.1 Å². The molecule has 1 N–H and O–H groups in total. The first-order valence-corrected chi connectivity index (χ1v) is 9.52. The molecule has 5 heteroatoms. The topological polar surface area (TPSA) is 36.4 Å². The minimum atomic E-state index is -0.644. The standard InChI is InChI=1S/C20H21FN2OS/c21-16-5-3-4-15(12-16)18(24)13-23-10-8-14(9-11-23)20-22-17-6-1-2-7-19(17)25-20/h1-7,12,14,18,24H,8-11,13H2. The summed E-state index contributed by atoms with van der Waals surface area (Å²) < 4.78 is 14.6. The molecule has 25 heavy (non-hydrogen) atoms. The third kappa shape index (κ3) is 3.73. The van der Waals surface area contributed by atoms with E-state index in [-0.39, 0.29) is 5.82 Å². The zero-order valence-electron chi connectivity index (χ0n) is 13.9. The molecular formula is C20H21FN2OS. The second-order valence-corrected chi connectivity index (χ2v) is 7.73. The molecule has 0 spiro atoms. The molecule has 0 aliphatic carbocycles. The van der Waals surface area contributed by atoms with Gasteiger partial charge < -0.3 is 10.0 Å². The predicted octanol–water partition coefficient (Wildman–Crippen LogP) is 4.35. The van der Waals surface area contributed by atoms with Gasteiger partial charge in [0.15, 0.2) is 0 Å². The van der Waals surface area contributed by atoms with Crippen LogP contribution in [-0.2, 0) is 0 Å². The van der Waals surface area contributed by atoms with Gasteiger partial charge >= 0.3 is 0 Å². The fourth-order valence-corrected chi connectivity index (χ4v) is 4.63. The number of fused-ring (bicyclic) bond motifs is 1. The summed E-state index contributed by atoms with van der Waals surface area (Å²) in [6.07, 6.45) is 1.46. The number of β-amino-alcohol motifs (C(OH)–C–C–N with tert-alkyl or cyclic N) is 1. The van der Waals surface area contributed by atoms with Crippen LogP contribution in [0.4, 0.5) is 4.39 Å². The lowest BCUT2D eigenvalue weighted by Gasteiger charge is -2.32. The number of aromatic nitrogens is 1. The minimum Gasteiger partial charge on any atom is -0.387 e. The molecule has 1 fully saturated rings. The Morgan fingerprint density at radius 3 is 2.72 bits per heavy atom. The van der Waals surface area contributed by atoms with E-state index in [1.165, 1.54) is 21.8 Å². The Morgan fingerprint density at radius 1 is 1.16 bits per heavy atom. The zero-order chi connectivity index (χ0) is 17.2. The molecule has 1 unspecified atom stereocenters. The maximum atomic E-state index is 13.3. The normalized spacial score (nSPS) is 17.8. The summed E-state index contributed by atoms with van der Waals surface area (Å²) in [7, 11) is 0. The van der Waals surface area contributed by atoms with Crippen LogP contribution in [0.2, 0.25) is 0 Å². The van der Waals surface area contributed by atoms with E-state index in [4.69, 9.17) is 4.98 Å². The number of aliphatic hydroxyl groups excluding tert-OH is 1. The summed E-state index contributed by atoms with van der Waals surface area (Å²) in [6.45, 7) is 2.43. The van der Waals surface area contributed by atoms with Crippen LogP contribution in [-0.4, -0.2) is 34.6 Å². The molecule has 1 atom stereocenters. The van der Waals surface area contributed by atoms with Crippen molar-refractivity contribution in [1.82, 2.24) is 9.88 Å².